The highest BCUT2D eigenvalue weighted by Gasteiger charge is 2.20. The largest absolute Gasteiger partial charge is 0.477 e. The molecule has 0 aromatic carbocycles. The van der Waals surface area contributed by atoms with Gasteiger partial charge >= 0.3 is 5.97 Å². The molecule has 0 aliphatic carbocycles. The van der Waals surface area contributed by atoms with Crippen LogP contribution in [0.25, 0.3) is 0 Å². The molecule has 10 heteroatoms. The van der Waals surface area contributed by atoms with E-state index in [2.05, 4.69) is 20.6 Å². The Hall–Kier alpha value is -2.33. The van der Waals surface area contributed by atoms with E-state index in [9.17, 15) is 14.4 Å². The fourth-order valence-electron chi connectivity index (χ4n) is 2.01. The van der Waals surface area contributed by atoms with Crippen LogP contribution in [-0.2, 0) is 16.0 Å². The van der Waals surface area contributed by atoms with Gasteiger partial charge in [0.05, 0.1) is 23.9 Å². The van der Waals surface area contributed by atoms with Crippen LogP contribution in [0.4, 0.5) is 5.13 Å². The zero-order valence-electron chi connectivity index (χ0n) is 14.8. The van der Waals surface area contributed by atoms with Crippen LogP contribution in [0, 0.1) is 12.8 Å². The van der Waals surface area contributed by atoms with E-state index in [4.69, 9.17) is 5.11 Å². The van der Waals surface area contributed by atoms with Gasteiger partial charge in [0.1, 0.15) is 9.88 Å². The van der Waals surface area contributed by atoms with Crippen LogP contribution in [0.2, 0.25) is 0 Å². The van der Waals surface area contributed by atoms with Crippen molar-refractivity contribution < 1.29 is 19.5 Å². The van der Waals surface area contributed by atoms with Crippen LogP contribution in [0.5, 0.6) is 0 Å². The van der Waals surface area contributed by atoms with E-state index in [1.165, 1.54) is 11.3 Å². The summed E-state index contributed by atoms with van der Waals surface area (Å²) in [6.45, 7) is 6.95. The normalized spacial score (nSPS) is 12.0. The van der Waals surface area contributed by atoms with Gasteiger partial charge in [-0.3, -0.25) is 9.59 Å². The Bertz CT molecular complexity index is 828. The molecule has 8 nitrogen and oxygen atoms in total. The van der Waals surface area contributed by atoms with E-state index in [1.807, 2.05) is 0 Å². The molecule has 0 spiro atoms. The van der Waals surface area contributed by atoms with Crippen molar-refractivity contribution in [1.29, 1.82) is 0 Å². The van der Waals surface area contributed by atoms with E-state index < -0.39 is 12.0 Å². The van der Waals surface area contributed by atoms with E-state index in [0.717, 1.165) is 11.3 Å². The highest BCUT2D eigenvalue weighted by molar-refractivity contribution is 7.14. The summed E-state index contributed by atoms with van der Waals surface area (Å²) in [5, 5.41) is 17.3. The number of aromatic carboxylic acids is 1. The average Bonchev–Trinajstić information content (AvgIpc) is 3.13. The Labute approximate surface area is 158 Å². The molecule has 140 valence electrons. The molecular formula is C16H20N4O4S2. The maximum absolute atomic E-state index is 12.2. The number of anilines is 1. The fourth-order valence-corrected chi connectivity index (χ4v) is 3.64. The number of nitrogens with one attached hydrogen (secondary N) is 2. The summed E-state index contributed by atoms with van der Waals surface area (Å²) < 4.78 is 0. The number of amides is 2. The van der Waals surface area contributed by atoms with Gasteiger partial charge in [0.2, 0.25) is 11.8 Å². The minimum atomic E-state index is -1.02. The summed E-state index contributed by atoms with van der Waals surface area (Å²) in [5.74, 6) is -1.56. The number of carboxylic acids is 1. The van der Waals surface area contributed by atoms with Gasteiger partial charge in [-0.1, -0.05) is 13.8 Å². The number of hydrogen-bond donors (Lipinski definition) is 3. The zero-order chi connectivity index (χ0) is 19.4. The molecule has 0 aliphatic heterocycles. The molecule has 0 fully saturated rings. The van der Waals surface area contributed by atoms with Crippen molar-refractivity contribution in [3.05, 3.63) is 26.7 Å². The lowest BCUT2D eigenvalue weighted by molar-refractivity contribution is -0.121. The van der Waals surface area contributed by atoms with Crippen LogP contribution in [0.1, 0.15) is 52.9 Å². The highest BCUT2D eigenvalue weighted by Crippen LogP contribution is 2.24. The summed E-state index contributed by atoms with van der Waals surface area (Å²) in [6.07, 6.45) is 0.0640. The molecule has 2 aromatic rings. The molecule has 2 heterocycles. The number of carbonyl (C=O) groups is 3. The van der Waals surface area contributed by atoms with Gasteiger partial charge in [0, 0.05) is 11.3 Å². The van der Waals surface area contributed by atoms with Crippen molar-refractivity contribution in [2.45, 2.75) is 40.2 Å². The number of thiazole rings is 2. The Kier molecular flexibility index (Phi) is 6.43. The van der Waals surface area contributed by atoms with Crippen LogP contribution < -0.4 is 10.6 Å². The Morgan fingerprint density at radius 1 is 1.23 bits per heavy atom. The first kappa shape index (κ1) is 20.0. The number of carbonyl (C=O) groups excluding carboxylic acids is 2. The molecule has 2 rings (SSSR count). The first-order valence-corrected chi connectivity index (χ1v) is 9.62. The van der Waals surface area contributed by atoms with E-state index in [0.29, 0.717) is 21.5 Å². The zero-order valence-corrected chi connectivity index (χ0v) is 16.5. The summed E-state index contributed by atoms with van der Waals surface area (Å²) in [7, 11) is 0. The molecule has 26 heavy (non-hydrogen) atoms. The third-order valence-corrected chi connectivity index (χ3v) is 5.54. The SMILES string of the molecule is Cc1nc(C(C)NC(=O)Cc2csc(NC(=O)C(C)C)n2)sc1C(=O)O. The maximum atomic E-state index is 12.2. The second-order valence-corrected chi connectivity index (χ2v) is 7.91. The third kappa shape index (κ3) is 5.09. The van der Waals surface area contributed by atoms with Gasteiger partial charge < -0.3 is 15.7 Å². The van der Waals surface area contributed by atoms with Crippen molar-refractivity contribution in [2.75, 3.05) is 5.32 Å². The first-order chi connectivity index (χ1) is 12.2. The molecular weight excluding hydrogens is 376 g/mol. The van der Waals surface area contributed by atoms with Crippen molar-refractivity contribution >= 4 is 45.6 Å². The minimum Gasteiger partial charge on any atom is -0.477 e. The molecule has 0 saturated carbocycles. The molecule has 0 bridgehead atoms. The predicted molar refractivity (Wildman–Crippen MR) is 99.7 cm³/mol. The van der Waals surface area contributed by atoms with Gasteiger partial charge in [0.15, 0.2) is 5.13 Å². The van der Waals surface area contributed by atoms with Gasteiger partial charge in [-0.2, -0.15) is 0 Å². The molecule has 2 aromatic heterocycles. The van der Waals surface area contributed by atoms with Crippen LogP contribution in [0.3, 0.4) is 0 Å². The molecule has 2 amide bonds. The summed E-state index contributed by atoms with van der Waals surface area (Å²) in [5.41, 5.74) is 0.990. The Balaban J connectivity index is 1.94. The maximum Gasteiger partial charge on any atom is 0.347 e. The molecule has 1 unspecified atom stereocenters. The van der Waals surface area contributed by atoms with Crippen molar-refractivity contribution in [3.63, 3.8) is 0 Å². The monoisotopic (exact) mass is 396 g/mol. The summed E-state index contributed by atoms with van der Waals surface area (Å²) in [4.78, 5) is 43.5. The lowest BCUT2D eigenvalue weighted by Crippen LogP contribution is -2.28. The van der Waals surface area contributed by atoms with Gasteiger partial charge in [-0.05, 0) is 13.8 Å². The summed E-state index contributed by atoms with van der Waals surface area (Å²) in [6, 6.07) is -0.405. The first-order valence-electron chi connectivity index (χ1n) is 7.92. The van der Waals surface area contributed by atoms with Crippen molar-refractivity contribution in [2.24, 2.45) is 5.92 Å². The topological polar surface area (TPSA) is 121 Å². The average molecular weight is 396 g/mol. The number of hydrogen-bond acceptors (Lipinski definition) is 7. The number of aromatic nitrogens is 2. The lowest BCUT2D eigenvalue weighted by atomic mass is 10.2. The van der Waals surface area contributed by atoms with Crippen molar-refractivity contribution in [1.82, 2.24) is 15.3 Å². The fraction of sp³-hybridized carbons (Fsp3) is 0.438. The van der Waals surface area contributed by atoms with Gasteiger partial charge in [0.25, 0.3) is 0 Å². The van der Waals surface area contributed by atoms with E-state index >= 15 is 0 Å². The Morgan fingerprint density at radius 3 is 2.50 bits per heavy atom. The smallest absolute Gasteiger partial charge is 0.347 e. The molecule has 3 N–H and O–H groups in total. The number of aryl methyl sites for hydroxylation is 1. The van der Waals surface area contributed by atoms with Crippen LogP contribution >= 0.6 is 22.7 Å². The predicted octanol–water partition coefficient (Wildman–Crippen LogP) is 2.62. The Morgan fingerprint density at radius 2 is 1.92 bits per heavy atom. The lowest BCUT2D eigenvalue weighted by Gasteiger charge is -2.10. The van der Waals surface area contributed by atoms with E-state index in [1.54, 1.807) is 33.1 Å². The summed E-state index contributed by atoms with van der Waals surface area (Å²) >= 11 is 2.31. The van der Waals surface area contributed by atoms with Gasteiger partial charge in [-0.25, -0.2) is 14.8 Å². The second-order valence-electron chi connectivity index (χ2n) is 6.03. The second kappa shape index (κ2) is 8.37. The number of nitrogens with zero attached hydrogens (tertiary/aromatic N) is 2. The van der Waals surface area contributed by atoms with Gasteiger partial charge in [-0.15, -0.1) is 22.7 Å². The third-order valence-electron chi connectivity index (χ3n) is 3.40. The van der Waals surface area contributed by atoms with Crippen LogP contribution in [-0.4, -0.2) is 32.9 Å². The van der Waals surface area contributed by atoms with Crippen LogP contribution in [0.15, 0.2) is 5.38 Å². The quantitative estimate of drug-likeness (QED) is 0.661. The number of rotatable bonds is 7. The molecule has 0 saturated heterocycles. The van der Waals surface area contributed by atoms with Crippen molar-refractivity contribution in [3.8, 4) is 0 Å². The molecule has 0 aliphatic rings. The molecule has 1 atom stereocenters. The minimum absolute atomic E-state index is 0.0640. The number of carboxylic acid groups (broad SMARTS) is 1. The standard InChI is InChI=1S/C16H20N4O4S2/c1-7(2)13(22)20-16-19-10(6-25-16)5-11(21)17-9(4)14-18-8(3)12(26-14)15(23)24/h6-7,9H,5H2,1-4H3,(H,17,21)(H,23,24)(H,19,20,22). The highest BCUT2D eigenvalue weighted by atomic mass is 32.1. The van der Waals surface area contributed by atoms with E-state index in [-0.39, 0.29) is 29.0 Å². The molecule has 0 radical (unpaired) electrons.